The van der Waals surface area contributed by atoms with E-state index in [1.54, 1.807) is 16.8 Å². The van der Waals surface area contributed by atoms with Crippen LogP contribution in [0.3, 0.4) is 0 Å². The van der Waals surface area contributed by atoms with E-state index >= 15 is 0 Å². The molecule has 0 aliphatic carbocycles. The molecule has 0 aliphatic heterocycles. The highest BCUT2D eigenvalue weighted by Crippen LogP contribution is 2.17. The second-order valence-electron chi connectivity index (χ2n) is 5.08. The van der Waals surface area contributed by atoms with Gasteiger partial charge in [0.2, 0.25) is 0 Å². The van der Waals surface area contributed by atoms with Crippen LogP contribution >= 0.6 is 0 Å². The Hall–Kier alpha value is -2.37. The van der Waals surface area contributed by atoms with Crippen LogP contribution in [0.4, 0.5) is 14.5 Å². The van der Waals surface area contributed by atoms with Crippen LogP contribution < -0.4 is 11.1 Å². The molecule has 0 saturated carbocycles. The van der Waals surface area contributed by atoms with Crippen LogP contribution in [0.2, 0.25) is 0 Å². The molecule has 2 aromatic rings. The van der Waals surface area contributed by atoms with Crippen molar-refractivity contribution in [1.29, 1.82) is 0 Å². The van der Waals surface area contributed by atoms with Crippen molar-refractivity contribution in [3.05, 3.63) is 53.4 Å². The van der Waals surface area contributed by atoms with E-state index in [4.69, 9.17) is 5.73 Å². The fourth-order valence-electron chi connectivity index (χ4n) is 2.04. The van der Waals surface area contributed by atoms with Crippen LogP contribution in [-0.4, -0.2) is 10.5 Å². The molecule has 0 aliphatic rings. The lowest BCUT2D eigenvalue weighted by molar-refractivity contribution is 0.0940. The van der Waals surface area contributed by atoms with Gasteiger partial charge in [-0.1, -0.05) is 6.07 Å². The Labute approximate surface area is 121 Å². The molecule has 1 aromatic carbocycles. The van der Waals surface area contributed by atoms with Crippen LogP contribution in [0.25, 0.3) is 0 Å². The molecule has 21 heavy (non-hydrogen) atoms. The number of amides is 1. The van der Waals surface area contributed by atoms with Crippen molar-refractivity contribution >= 4 is 11.6 Å². The molecule has 0 atom stereocenters. The molecule has 1 aromatic heterocycles. The lowest BCUT2D eigenvalue weighted by Crippen LogP contribution is -2.26. The molecule has 2 rings (SSSR count). The predicted octanol–water partition coefficient (Wildman–Crippen LogP) is 2.86. The number of carbonyl (C=O) groups excluding carboxylic acids is 1. The number of carbonyl (C=O) groups is 1. The molecule has 1 heterocycles. The third kappa shape index (κ3) is 3.39. The lowest BCUT2D eigenvalue weighted by atomic mass is 10.2. The number of hydrogen-bond donors (Lipinski definition) is 2. The van der Waals surface area contributed by atoms with Gasteiger partial charge in [0.1, 0.15) is 17.3 Å². The second kappa shape index (κ2) is 5.95. The van der Waals surface area contributed by atoms with Crippen molar-refractivity contribution in [2.24, 2.45) is 0 Å². The molecule has 0 unspecified atom stereocenters. The number of nitrogens with zero attached hydrogens (tertiary/aromatic N) is 1. The number of halogens is 2. The number of anilines is 1. The van der Waals surface area contributed by atoms with Crippen LogP contribution in [0.15, 0.2) is 30.5 Å². The van der Waals surface area contributed by atoms with E-state index in [1.165, 1.54) is 6.07 Å². The van der Waals surface area contributed by atoms with Gasteiger partial charge < -0.3 is 15.6 Å². The van der Waals surface area contributed by atoms with E-state index in [1.807, 2.05) is 13.8 Å². The van der Waals surface area contributed by atoms with Crippen LogP contribution in [-0.2, 0) is 6.54 Å². The summed E-state index contributed by atoms with van der Waals surface area (Å²) in [5, 5.41) is 2.61. The maximum absolute atomic E-state index is 13.5. The highest BCUT2D eigenvalue weighted by atomic mass is 19.1. The van der Waals surface area contributed by atoms with Gasteiger partial charge in [-0.15, -0.1) is 0 Å². The molecule has 0 fully saturated rings. The normalized spacial score (nSPS) is 10.9. The summed E-state index contributed by atoms with van der Waals surface area (Å²) in [6.07, 6.45) is 1.68. The number of benzene rings is 1. The van der Waals surface area contributed by atoms with Crippen LogP contribution in [0.5, 0.6) is 0 Å². The van der Waals surface area contributed by atoms with Crippen molar-refractivity contribution in [3.63, 3.8) is 0 Å². The largest absolute Gasteiger partial charge is 0.397 e. The molecule has 0 bridgehead atoms. The average molecular weight is 293 g/mol. The first kappa shape index (κ1) is 15.0. The minimum atomic E-state index is -0.686. The topological polar surface area (TPSA) is 60.0 Å². The standard InChI is InChI=1S/C15H17F2N3O/c1-9(2)20-8-12(18)6-14(20)15(21)19-7-10-3-4-11(16)5-13(10)17/h3-6,8-9H,7,18H2,1-2H3,(H,19,21). The van der Waals surface area contributed by atoms with Gasteiger partial charge in [-0.3, -0.25) is 4.79 Å². The number of nitrogens with one attached hydrogen (secondary N) is 1. The fraction of sp³-hybridized carbons (Fsp3) is 0.267. The van der Waals surface area contributed by atoms with E-state index in [2.05, 4.69) is 5.32 Å². The summed E-state index contributed by atoms with van der Waals surface area (Å²) in [5.74, 6) is -1.69. The Morgan fingerprint density at radius 3 is 2.67 bits per heavy atom. The minimum absolute atomic E-state index is 0.0197. The minimum Gasteiger partial charge on any atom is -0.397 e. The van der Waals surface area contributed by atoms with Crippen molar-refractivity contribution < 1.29 is 13.6 Å². The summed E-state index contributed by atoms with van der Waals surface area (Å²) in [7, 11) is 0. The van der Waals surface area contributed by atoms with Gasteiger partial charge in [-0.05, 0) is 26.0 Å². The van der Waals surface area contributed by atoms with Crippen LogP contribution in [0.1, 0.15) is 35.9 Å². The zero-order valence-electron chi connectivity index (χ0n) is 11.9. The van der Waals surface area contributed by atoms with Crippen LogP contribution in [0, 0.1) is 11.6 Å². The molecular weight excluding hydrogens is 276 g/mol. The zero-order chi connectivity index (χ0) is 15.6. The highest BCUT2D eigenvalue weighted by molar-refractivity contribution is 5.93. The zero-order valence-corrected chi connectivity index (χ0v) is 11.9. The number of hydrogen-bond acceptors (Lipinski definition) is 2. The van der Waals surface area contributed by atoms with Gasteiger partial charge in [0, 0.05) is 30.4 Å². The van der Waals surface area contributed by atoms with E-state index in [9.17, 15) is 13.6 Å². The Kier molecular flexibility index (Phi) is 4.26. The molecule has 0 saturated heterocycles. The number of nitrogens with two attached hydrogens (primary N) is 1. The van der Waals surface area contributed by atoms with Gasteiger partial charge >= 0.3 is 0 Å². The molecule has 112 valence electrons. The molecule has 1 amide bonds. The van der Waals surface area contributed by atoms with Gasteiger partial charge in [-0.2, -0.15) is 0 Å². The Morgan fingerprint density at radius 2 is 2.05 bits per heavy atom. The first-order chi connectivity index (χ1) is 9.88. The summed E-state index contributed by atoms with van der Waals surface area (Å²) < 4.78 is 28.1. The lowest BCUT2D eigenvalue weighted by Gasteiger charge is -2.13. The van der Waals surface area contributed by atoms with Crippen molar-refractivity contribution in [2.45, 2.75) is 26.4 Å². The van der Waals surface area contributed by atoms with Crippen molar-refractivity contribution in [3.8, 4) is 0 Å². The summed E-state index contributed by atoms with van der Waals surface area (Å²) in [6, 6.07) is 4.89. The fourth-order valence-corrected chi connectivity index (χ4v) is 2.04. The van der Waals surface area contributed by atoms with Gasteiger partial charge in [0.25, 0.3) is 5.91 Å². The SMILES string of the molecule is CC(C)n1cc(N)cc1C(=O)NCc1ccc(F)cc1F. The number of aromatic nitrogens is 1. The smallest absolute Gasteiger partial charge is 0.268 e. The quantitative estimate of drug-likeness (QED) is 0.910. The first-order valence-electron chi connectivity index (χ1n) is 6.58. The van der Waals surface area contributed by atoms with Gasteiger partial charge in [0.05, 0.1) is 5.69 Å². The summed E-state index contributed by atoms with van der Waals surface area (Å²) >= 11 is 0. The summed E-state index contributed by atoms with van der Waals surface area (Å²) in [5.41, 5.74) is 6.82. The molecule has 4 nitrogen and oxygen atoms in total. The number of rotatable bonds is 4. The Bertz CT molecular complexity index is 665. The molecule has 0 radical (unpaired) electrons. The second-order valence-corrected chi connectivity index (χ2v) is 5.08. The number of nitrogen functional groups attached to an aromatic ring is 1. The van der Waals surface area contributed by atoms with E-state index in [0.717, 1.165) is 12.1 Å². The first-order valence-corrected chi connectivity index (χ1v) is 6.58. The predicted molar refractivity (Wildman–Crippen MR) is 76.8 cm³/mol. The van der Waals surface area contributed by atoms with E-state index < -0.39 is 11.6 Å². The third-order valence-electron chi connectivity index (χ3n) is 3.11. The summed E-state index contributed by atoms with van der Waals surface area (Å²) in [4.78, 5) is 12.2. The maximum Gasteiger partial charge on any atom is 0.268 e. The summed E-state index contributed by atoms with van der Waals surface area (Å²) in [6.45, 7) is 3.83. The molecule has 0 spiro atoms. The van der Waals surface area contributed by atoms with E-state index in [0.29, 0.717) is 11.4 Å². The maximum atomic E-state index is 13.5. The Balaban J connectivity index is 2.12. The monoisotopic (exact) mass is 293 g/mol. The van der Waals surface area contributed by atoms with Crippen molar-refractivity contribution in [1.82, 2.24) is 9.88 Å². The molecular formula is C15H17F2N3O. The highest BCUT2D eigenvalue weighted by Gasteiger charge is 2.15. The van der Waals surface area contributed by atoms with Gasteiger partial charge in [-0.25, -0.2) is 8.78 Å². The van der Waals surface area contributed by atoms with E-state index in [-0.39, 0.29) is 24.1 Å². The molecule has 6 heteroatoms. The third-order valence-corrected chi connectivity index (χ3v) is 3.11. The van der Waals surface area contributed by atoms with Gasteiger partial charge in [0.15, 0.2) is 0 Å². The Morgan fingerprint density at radius 1 is 1.33 bits per heavy atom. The van der Waals surface area contributed by atoms with Crippen molar-refractivity contribution in [2.75, 3.05) is 5.73 Å². The molecule has 3 N–H and O–H groups in total. The average Bonchev–Trinajstić information content (AvgIpc) is 2.80.